The van der Waals surface area contributed by atoms with Crippen LogP contribution in [0.25, 0.3) is 0 Å². The van der Waals surface area contributed by atoms with Crippen molar-refractivity contribution in [2.75, 3.05) is 12.4 Å². The molecule has 0 unspecified atom stereocenters. The van der Waals surface area contributed by atoms with E-state index < -0.39 is 0 Å². The molecule has 2 aromatic carbocycles. The van der Waals surface area contributed by atoms with Crippen LogP contribution >= 0.6 is 12.2 Å². The Bertz CT molecular complexity index is 681. The minimum atomic E-state index is -0.214. The summed E-state index contributed by atoms with van der Waals surface area (Å²) in [5.41, 5.74) is 8.47. The summed E-state index contributed by atoms with van der Waals surface area (Å²) in [5, 5.41) is 2.84. The third kappa shape index (κ3) is 3.58. The summed E-state index contributed by atoms with van der Waals surface area (Å²) >= 11 is 4.88. The molecule has 0 spiro atoms. The minimum Gasteiger partial charge on any atom is -0.495 e. The third-order valence-electron chi connectivity index (χ3n) is 3.03. The van der Waals surface area contributed by atoms with Crippen molar-refractivity contribution in [3.63, 3.8) is 0 Å². The molecule has 0 atom stereocenters. The van der Waals surface area contributed by atoms with Gasteiger partial charge in [-0.05, 0) is 36.8 Å². The zero-order chi connectivity index (χ0) is 15.4. The Balaban J connectivity index is 2.21. The first-order valence-corrected chi connectivity index (χ1v) is 6.78. The predicted molar refractivity (Wildman–Crippen MR) is 88.0 cm³/mol. The van der Waals surface area contributed by atoms with Gasteiger partial charge in [-0.25, -0.2) is 0 Å². The first-order chi connectivity index (χ1) is 10.0. The van der Waals surface area contributed by atoms with Gasteiger partial charge in [0.25, 0.3) is 5.91 Å². The molecule has 0 fully saturated rings. The van der Waals surface area contributed by atoms with Crippen molar-refractivity contribution in [3.05, 3.63) is 59.2 Å². The molecule has 0 aliphatic rings. The van der Waals surface area contributed by atoms with E-state index in [9.17, 15) is 4.79 Å². The van der Waals surface area contributed by atoms with Gasteiger partial charge in [0, 0.05) is 11.1 Å². The van der Waals surface area contributed by atoms with Gasteiger partial charge in [0.2, 0.25) is 0 Å². The molecule has 21 heavy (non-hydrogen) atoms. The van der Waals surface area contributed by atoms with Crippen molar-refractivity contribution < 1.29 is 9.53 Å². The maximum absolute atomic E-state index is 12.2. The Kier molecular flexibility index (Phi) is 4.55. The summed E-state index contributed by atoms with van der Waals surface area (Å²) in [7, 11) is 1.57. The van der Waals surface area contributed by atoms with Crippen LogP contribution in [-0.4, -0.2) is 18.0 Å². The van der Waals surface area contributed by atoms with Gasteiger partial charge in [0.15, 0.2) is 0 Å². The number of rotatable bonds is 4. The van der Waals surface area contributed by atoms with E-state index in [1.165, 1.54) is 0 Å². The largest absolute Gasteiger partial charge is 0.495 e. The number of methoxy groups -OCH3 is 1. The average molecular weight is 300 g/mol. The molecule has 3 N–H and O–H groups in total. The quantitative estimate of drug-likeness (QED) is 0.852. The van der Waals surface area contributed by atoms with Gasteiger partial charge in [-0.1, -0.05) is 30.4 Å². The molecule has 0 saturated heterocycles. The van der Waals surface area contributed by atoms with Crippen molar-refractivity contribution in [1.29, 1.82) is 0 Å². The third-order valence-corrected chi connectivity index (χ3v) is 3.27. The van der Waals surface area contributed by atoms with Crippen molar-refractivity contribution in [2.45, 2.75) is 6.92 Å². The first-order valence-electron chi connectivity index (χ1n) is 6.37. The maximum Gasteiger partial charge on any atom is 0.255 e. The van der Waals surface area contributed by atoms with Crippen LogP contribution in [0.5, 0.6) is 5.75 Å². The standard InChI is InChI=1S/C16H16N2O2S/c1-10-3-8-14(20-2)13(9-10)18-16(19)12-6-4-11(5-7-12)15(17)21/h3-9H,1-2H3,(H2,17,21)(H,18,19). The van der Waals surface area contributed by atoms with E-state index in [0.717, 1.165) is 11.1 Å². The Hall–Kier alpha value is -2.40. The Labute approximate surface area is 128 Å². The zero-order valence-electron chi connectivity index (χ0n) is 11.8. The first kappa shape index (κ1) is 15.0. The summed E-state index contributed by atoms with van der Waals surface area (Å²) in [4.78, 5) is 12.6. The number of carbonyl (C=O) groups excluding carboxylic acids is 1. The van der Waals surface area contributed by atoms with E-state index in [0.29, 0.717) is 22.0 Å². The molecule has 0 bridgehead atoms. The summed E-state index contributed by atoms with van der Waals surface area (Å²) in [6.07, 6.45) is 0. The van der Waals surface area contributed by atoms with E-state index in [1.807, 2.05) is 25.1 Å². The molecule has 1 amide bonds. The number of benzene rings is 2. The van der Waals surface area contributed by atoms with Crippen LogP contribution in [-0.2, 0) is 0 Å². The van der Waals surface area contributed by atoms with Crippen LogP contribution in [0.1, 0.15) is 21.5 Å². The lowest BCUT2D eigenvalue weighted by atomic mass is 10.1. The number of hydrogen-bond donors (Lipinski definition) is 2. The Morgan fingerprint density at radius 3 is 2.33 bits per heavy atom. The number of amides is 1. The van der Waals surface area contributed by atoms with Gasteiger partial charge in [-0.3, -0.25) is 4.79 Å². The molecule has 0 aromatic heterocycles. The van der Waals surface area contributed by atoms with Gasteiger partial charge >= 0.3 is 0 Å². The number of nitrogens with two attached hydrogens (primary N) is 1. The summed E-state index contributed by atoms with van der Waals surface area (Å²) in [6, 6.07) is 12.4. The second kappa shape index (κ2) is 6.37. The van der Waals surface area contributed by atoms with Gasteiger partial charge < -0.3 is 15.8 Å². The highest BCUT2D eigenvalue weighted by molar-refractivity contribution is 7.80. The number of aryl methyl sites for hydroxylation is 1. The van der Waals surface area contributed by atoms with Crippen LogP contribution < -0.4 is 15.8 Å². The molecule has 0 heterocycles. The lowest BCUT2D eigenvalue weighted by molar-refractivity contribution is 0.102. The molecule has 5 heteroatoms. The van der Waals surface area contributed by atoms with Crippen LogP contribution in [0, 0.1) is 6.92 Å². The minimum absolute atomic E-state index is 0.214. The van der Waals surface area contributed by atoms with Crippen molar-refractivity contribution >= 4 is 28.8 Å². The maximum atomic E-state index is 12.2. The topological polar surface area (TPSA) is 64.3 Å². The summed E-state index contributed by atoms with van der Waals surface area (Å²) in [5.74, 6) is 0.405. The molecule has 0 aliphatic heterocycles. The summed E-state index contributed by atoms with van der Waals surface area (Å²) < 4.78 is 5.24. The molecular weight excluding hydrogens is 284 g/mol. The number of ether oxygens (including phenoxy) is 1. The fourth-order valence-corrected chi connectivity index (χ4v) is 2.04. The van der Waals surface area contributed by atoms with E-state index >= 15 is 0 Å². The fraction of sp³-hybridized carbons (Fsp3) is 0.125. The number of hydrogen-bond acceptors (Lipinski definition) is 3. The van der Waals surface area contributed by atoms with Crippen LogP contribution in [0.3, 0.4) is 0 Å². The lowest BCUT2D eigenvalue weighted by Gasteiger charge is -2.11. The van der Waals surface area contributed by atoms with Crippen LogP contribution in [0.4, 0.5) is 5.69 Å². The second-order valence-corrected chi connectivity index (χ2v) is 5.04. The van der Waals surface area contributed by atoms with E-state index in [1.54, 1.807) is 31.4 Å². The van der Waals surface area contributed by atoms with Crippen molar-refractivity contribution in [1.82, 2.24) is 0 Å². The van der Waals surface area contributed by atoms with E-state index in [2.05, 4.69) is 5.32 Å². The Morgan fingerprint density at radius 1 is 1.14 bits per heavy atom. The molecule has 0 saturated carbocycles. The monoisotopic (exact) mass is 300 g/mol. The average Bonchev–Trinajstić information content (AvgIpc) is 2.47. The molecular formula is C16H16N2O2S. The van der Waals surface area contributed by atoms with Gasteiger partial charge in [-0.2, -0.15) is 0 Å². The van der Waals surface area contributed by atoms with E-state index in [-0.39, 0.29) is 5.91 Å². The number of anilines is 1. The SMILES string of the molecule is COc1ccc(C)cc1NC(=O)c1ccc(C(N)=S)cc1. The molecule has 2 rings (SSSR count). The normalized spacial score (nSPS) is 10.0. The number of carbonyl (C=O) groups is 1. The molecule has 2 aromatic rings. The van der Waals surface area contributed by atoms with Crippen molar-refractivity contribution in [2.24, 2.45) is 5.73 Å². The predicted octanol–water partition coefficient (Wildman–Crippen LogP) is 2.89. The Morgan fingerprint density at radius 2 is 1.76 bits per heavy atom. The molecule has 0 aliphatic carbocycles. The van der Waals surface area contributed by atoms with Gasteiger partial charge in [0.05, 0.1) is 12.8 Å². The molecule has 108 valence electrons. The highest BCUT2D eigenvalue weighted by Crippen LogP contribution is 2.25. The highest BCUT2D eigenvalue weighted by Gasteiger charge is 2.10. The number of nitrogens with one attached hydrogen (secondary N) is 1. The van der Waals surface area contributed by atoms with Crippen LogP contribution in [0.15, 0.2) is 42.5 Å². The molecule has 4 nitrogen and oxygen atoms in total. The highest BCUT2D eigenvalue weighted by atomic mass is 32.1. The number of thiocarbonyl (C=S) groups is 1. The smallest absolute Gasteiger partial charge is 0.255 e. The fourth-order valence-electron chi connectivity index (χ4n) is 1.90. The van der Waals surface area contributed by atoms with Crippen molar-refractivity contribution in [3.8, 4) is 5.75 Å². The van der Waals surface area contributed by atoms with Gasteiger partial charge in [-0.15, -0.1) is 0 Å². The molecule has 0 radical (unpaired) electrons. The second-order valence-electron chi connectivity index (χ2n) is 4.60. The van der Waals surface area contributed by atoms with Gasteiger partial charge in [0.1, 0.15) is 10.7 Å². The van der Waals surface area contributed by atoms with Crippen LogP contribution in [0.2, 0.25) is 0 Å². The van der Waals surface area contributed by atoms with E-state index in [4.69, 9.17) is 22.7 Å². The zero-order valence-corrected chi connectivity index (χ0v) is 12.7. The summed E-state index contributed by atoms with van der Waals surface area (Å²) in [6.45, 7) is 1.95. The lowest BCUT2D eigenvalue weighted by Crippen LogP contribution is -2.14.